The summed E-state index contributed by atoms with van der Waals surface area (Å²) in [6, 6.07) is -0.159. The molecular formula is C13H23N3O3. The molecule has 0 unspecified atom stereocenters. The van der Waals surface area contributed by atoms with Gasteiger partial charge in [0.2, 0.25) is 0 Å². The molecular weight excluding hydrogens is 246 g/mol. The molecule has 2 aliphatic carbocycles. The Morgan fingerprint density at radius 3 is 2.32 bits per heavy atom. The normalized spacial score (nSPS) is 21.9. The SMILES string of the molecule is CC(C)(C)OC(=O)N(C1CC1)[C@H](C(N)=NO)C1CC1. The number of nitrogens with zero attached hydrogens (tertiary/aromatic N) is 2. The van der Waals surface area contributed by atoms with E-state index in [1.54, 1.807) is 4.90 Å². The number of amidine groups is 1. The largest absolute Gasteiger partial charge is 0.444 e. The van der Waals surface area contributed by atoms with Crippen LogP contribution in [0.15, 0.2) is 5.16 Å². The van der Waals surface area contributed by atoms with Crippen LogP contribution in [-0.4, -0.2) is 39.7 Å². The van der Waals surface area contributed by atoms with Crippen LogP contribution in [0, 0.1) is 5.92 Å². The number of amides is 1. The van der Waals surface area contributed by atoms with Crippen molar-refractivity contribution in [1.29, 1.82) is 0 Å². The summed E-state index contributed by atoms with van der Waals surface area (Å²) in [5, 5.41) is 12.0. The van der Waals surface area contributed by atoms with Crippen molar-refractivity contribution >= 4 is 11.9 Å². The van der Waals surface area contributed by atoms with Gasteiger partial charge in [-0.2, -0.15) is 0 Å². The van der Waals surface area contributed by atoms with E-state index in [4.69, 9.17) is 15.7 Å². The molecule has 108 valence electrons. The maximum atomic E-state index is 12.3. The number of hydrogen-bond donors (Lipinski definition) is 2. The fourth-order valence-corrected chi connectivity index (χ4v) is 2.24. The van der Waals surface area contributed by atoms with Crippen molar-refractivity contribution in [2.75, 3.05) is 0 Å². The minimum atomic E-state index is -0.538. The van der Waals surface area contributed by atoms with Gasteiger partial charge < -0.3 is 15.7 Å². The molecule has 6 nitrogen and oxygen atoms in total. The third kappa shape index (κ3) is 3.52. The van der Waals surface area contributed by atoms with E-state index in [1.807, 2.05) is 20.8 Å². The highest BCUT2D eigenvalue weighted by Crippen LogP contribution is 2.40. The van der Waals surface area contributed by atoms with E-state index in [-0.39, 0.29) is 24.0 Å². The molecule has 0 aliphatic heterocycles. The molecule has 2 rings (SSSR count). The van der Waals surface area contributed by atoms with Crippen LogP contribution in [0.25, 0.3) is 0 Å². The van der Waals surface area contributed by atoms with E-state index in [0.717, 1.165) is 25.7 Å². The van der Waals surface area contributed by atoms with Crippen molar-refractivity contribution < 1.29 is 14.7 Å². The second-order valence-corrected chi connectivity index (χ2v) is 6.43. The highest BCUT2D eigenvalue weighted by Gasteiger charge is 2.47. The van der Waals surface area contributed by atoms with Gasteiger partial charge in [-0.3, -0.25) is 4.90 Å². The van der Waals surface area contributed by atoms with Crippen LogP contribution in [0.2, 0.25) is 0 Å². The summed E-state index contributed by atoms with van der Waals surface area (Å²) in [6.07, 6.45) is 3.57. The Balaban J connectivity index is 2.16. The summed E-state index contributed by atoms with van der Waals surface area (Å²) in [7, 11) is 0. The second-order valence-electron chi connectivity index (χ2n) is 6.43. The summed E-state index contributed by atoms with van der Waals surface area (Å²) in [5.41, 5.74) is 5.24. The second kappa shape index (κ2) is 4.90. The van der Waals surface area contributed by atoms with Crippen LogP contribution in [0.1, 0.15) is 46.5 Å². The minimum Gasteiger partial charge on any atom is -0.444 e. The number of hydrogen-bond acceptors (Lipinski definition) is 4. The molecule has 0 aromatic carbocycles. The molecule has 0 saturated heterocycles. The van der Waals surface area contributed by atoms with Gasteiger partial charge in [0.1, 0.15) is 5.60 Å². The lowest BCUT2D eigenvalue weighted by atomic mass is 10.1. The smallest absolute Gasteiger partial charge is 0.411 e. The van der Waals surface area contributed by atoms with Crippen molar-refractivity contribution in [3.63, 3.8) is 0 Å². The number of rotatable bonds is 4. The highest BCUT2D eigenvalue weighted by atomic mass is 16.6. The van der Waals surface area contributed by atoms with Gasteiger partial charge in [0.15, 0.2) is 5.84 Å². The highest BCUT2D eigenvalue weighted by molar-refractivity contribution is 5.89. The van der Waals surface area contributed by atoms with Crippen molar-refractivity contribution in [3.8, 4) is 0 Å². The quantitative estimate of drug-likeness (QED) is 0.353. The van der Waals surface area contributed by atoms with Crippen LogP contribution < -0.4 is 5.73 Å². The van der Waals surface area contributed by atoms with E-state index in [9.17, 15) is 4.79 Å². The predicted molar refractivity (Wildman–Crippen MR) is 71.0 cm³/mol. The third-order valence-electron chi connectivity index (χ3n) is 3.33. The fraction of sp³-hybridized carbons (Fsp3) is 0.846. The Morgan fingerprint density at radius 2 is 1.95 bits per heavy atom. The lowest BCUT2D eigenvalue weighted by molar-refractivity contribution is 0.0175. The first-order chi connectivity index (χ1) is 8.83. The van der Waals surface area contributed by atoms with E-state index in [0.29, 0.717) is 5.92 Å². The molecule has 0 spiro atoms. The minimum absolute atomic E-state index is 0.111. The number of ether oxygens (including phenoxy) is 1. The van der Waals surface area contributed by atoms with Gasteiger partial charge in [-0.25, -0.2) is 4.79 Å². The number of oxime groups is 1. The number of carbonyl (C=O) groups is 1. The first kappa shape index (κ1) is 14.0. The van der Waals surface area contributed by atoms with Gasteiger partial charge in [-0.1, -0.05) is 5.16 Å². The standard InChI is InChI=1S/C13H23N3O3/c1-13(2,3)19-12(17)16(9-6-7-9)10(8-4-5-8)11(14)15-18/h8-10,18H,4-7H2,1-3H3,(H2,14,15)/t10-/m0/s1. The first-order valence-electron chi connectivity index (χ1n) is 6.82. The molecule has 3 N–H and O–H groups in total. The fourth-order valence-electron chi connectivity index (χ4n) is 2.24. The van der Waals surface area contributed by atoms with Gasteiger partial charge in [0.25, 0.3) is 0 Å². The summed E-state index contributed by atoms with van der Waals surface area (Å²) in [6.45, 7) is 5.52. The monoisotopic (exact) mass is 269 g/mol. The van der Waals surface area contributed by atoms with Gasteiger partial charge in [-0.05, 0) is 52.4 Å². The molecule has 0 aromatic rings. The first-order valence-corrected chi connectivity index (χ1v) is 6.82. The van der Waals surface area contributed by atoms with Crippen LogP contribution in [0.5, 0.6) is 0 Å². The molecule has 2 fully saturated rings. The number of carbonyl (C=O) groups excluding carboxylic acids is 1. The van der Waals surface area contributed by atoms with Crippen LogP contribution in [0.4, 0.5) is 4.79 Å². The summed E-state index contributed by atoms with van der Waals surface area (Å²) in [5.74, 6) is 0.407. The van der Waals surface area contributed by atoms with Crippen molar-refractivity contribution in [3.05, 3.63) is 0 Å². The molecule has 1 amide bonds. The van der Waals surface area contributed by atoms with Crippen molar-refractivity contribution in [2.24, 2.45) is 16.8 Å². The van der Waals surface area contributed by atoms with Gasteiger partial charge in [-0.15, -0.1) is 0 Å². The molecule has 0 bridgehead atoms. The van der Waals surface area contributed by atoms with Crippen molar-refractivity contribution in [2.45, 2.75) is 64.1 Å². The zero-order chi connectivity index (χ0) is 14.2. The topological polar surface area (TPSA) is 88.2 Å². The molecule has 2 aliphatic rings. The Labute approximate surface area is 113 Å². The zero-order valence-corrected chi connectivity index (χ0v) is 11.8. The average Bonchev–Trinajstić information content (AvgIpc) is 3.12. The maximum absolute atomic E-state index is 12.3. The molecule has 0 radical (unpaired) electrons. The summed E-state index contributed by atoms with van der Waals surface area (Å²) in [4.78, 5) is 14.0. The molecule has 0 heterocycles. The molecule has 0 aromatic heterocycles. The lowest BCUT2D eigenvalue weighted by Gasteiger charge is -2.33. The maximum Gasteiger partial charge on any atom is 0.411 e. The Kier molecular flexibility index (Phi) is 3.60. The van der Waals surface area contributed by atoms with Crippen LogP contribution in [-0.2, 0) is 4.74 Å². The van der Waals surface area contributed by atoms with Gasteiger partial charge in [0, 0.05) is 6.04 Å². The van der Waals surface area contributed by atoms with E-state index >= 15 is 0 Å². The third-order valence-corrected chi connectivity index (χ3v) is 3.33. The van der Waals surface area contributed by atoms with Crippen molar-refractivity contribution in [1.82, 2.24) is 4.90 Å². The van der Waals surface area contributed by atoms with E-state index < -0.39 is 5.60 Å². The van der Waals surface area contributed by atoms with Crippen LogP contribution in [0.3, 0.4) is 0 Å². The molecule has 19 heavy (non-hydrogen) atoms. The lowest BCUT2D eigenvalue weighted by Crippen LogP contribution is -2.52. The van der Waals surface area contributed by atoms with Gasteiger partial charge in [0.05, 0.1) is 6.04 Å². The summed E-state index contributed by atoms with van der Waals surface area (Å²) >= 11 is 0. The zero-order valence-electron chi connectivity index (χ0n) is 11.8. The van der Waals surface area contributed by atoms with E-state index in [2.05, 4.69) is 5.16 Å². The van der Waals surface area contributed by atoms with Crippen LogP contribution >= 0.6 is 0 Å². The predicted octanol–water partition coefficient (Wildman–Crippen LogP) is 1.91. The number of nitrogens with two attached hydrogens (primary N) is 1. The molecule has 2 saturated carbocycles. The summed E-state index contributed by atoms with van der Waals surface area (Å²) < 4.78 is 5.45. The van der Waals surface area contributed by atoms with Gasteiger partial charge >= 0.3 is 6.09 Å². The Morgan fingerprint density at radius 1 is 1.37 bits per heavy atom. The Hall–Kier alpha value is -1.46. The average molecular weight is 269 g/mol. The Bertz CT molecular complexity index is 381. The molecule has 1 atom stereocenters. The van der Waals surface area contributed by atoms with E-state index in [1.165, 1.54) is 0 Å². The molecule has 6 heteroatoms.